The van der Waals surface area contributed by atoms with Crippen molar-refractivity contribution in [3.05, 3.63) is 66.5 Å². The number of ether oxygens (including phenoxy) is 6. The summed E-state index contributed by atoms with van der Waals surface area (Å²) < 4.78 is 34.1. The molecule has 0 bridgehead atoms. The van der Waals surface area contributed by atoms with E-state index in [9.17, 15) is 14.7 Å². The van der Waals surface area contributed by atoms with E-state index < -0.39 is 42.0 Å². The van der Waals surface area contributed by atoms with Crippen LogP contribution in [0.4, 0.5) is 0 Å². The van der Waals surface area contributed by atoms with Crippen LogP contribution in [-0.2, 0) is 9.53 Å². The van der Waals surface area contributed by atoms with Crippen molar-refractivity contribution in [3.63, 3.8) is 0 Å². The number of esters is 1. The molecule has 218 valence electrons. The molecular formula is C30H34N2O9. The summed E-state index contributed by atoms with van der Waals surface area (Å²) in [6, 6.07) is 14.7. The zero-order valence-corrected chi connectivity index (χ0v) is 23.4. The number of amides is 1. The van der Waals surface area contributed by atoms with Crippen LogP contribution in [0.25, 0.3) is 0 Å². The third kappa shape index (κ3) is 7.30. The van der Waals surface area contributed by atoms with Crippen LogP contribution in [-0.4, -0.2) is 67.7 Å². The molecular weight excluding hydrogens is 532 g/mol. The molecule has 0 radical (unpaired) electrons. The molecule has 4 atom stereocenters. The molecule has 11 heteroatoms. The van der Waals surface area contributed by atoms with Gasteiger partial charge in [-0.2, -0.15) is 0 Å². The normalized spacial score (nSPS) is 20.8. The van der Waals surface area contributed by atoms with E-state index in [4.69, 9.17) is 28.4 Å². The van der Waals surface area contributed by atoms with Gasteiger partial charge in [-0.3, -0.25) is 4.79 Å². The number of pyridine rings is 1. The van der Waals surface area contributed by atoms with E-state index in [0.717, 1.165) is 0 Å². The molecule has 2 aromatic carbocycles. The fourth-order valence-electron chi connectivity index (χ4n) is 4.50. The summed E-state index contributed by atoms with van der Waals surface area (Å²) >= 11 is 0. The number of nitrogens with zero attached hydrogens (tertiary/aromatic N) is 1. The minimum Gasteiger partial charge on any atom is -0.503 e. The predicted octanol–water partition coefficient (Wildman–Crippen LogP) is 3.92. The summed E-state index contributed by atoms with van der Waals surface area (Å²) in [4.78, 5) is 30.2. The van der Waals surface area contributed by atoms with E-state index in [-0.39, 0.29) is 17.9 Å². The Morgan fingerprint density at radius 3 is 2.05 bits per heavy atom. The number of aromatic hydroxyl groups is 1. The van der Waals surface area contributed by atoms with Crippen molar-refractivity contribution >= 4 is 11.9 Å². The van der Waals surface area contributed by atoms with Gasteiger partial charge in [-0.05, 0) is 74.7 Å². The van der Waals surface area contributed by atoms with Gasteiger partial charge >= 0.3 is 5.97 Å². The molecule has 0 saturated carbocycles. The van der Waals surface area contributed by atoms with E-state index in [2.05, 4.69) is 10.3 Å². The zero-order valence-electron chi connectivity index (χ0n) is 23.4. The van der Waals surface area contributed by atoms with Crippen LogP contribution >= 0.6 is 0 Å². The van der Waals surface area contributed by atoms with E-state index in [0.29, 0.717) is 35.8 Å². The largest absolute Gasteiger partial charge is 0.503 e. The van der Waals surface area contributed by atoms with Crippen molar-refractivity contribution < 1.29 is 43.1 Å². The number of carbonyl (C=O) groups is 2. The second-order valence-electron chi connectivity index (χ2n) is 9.40. The number of hydrogen-bond donors (Lipinski definition) is 2. The molecule has 0 aliphatic carbocycles. The summed E-state index contributed by atoms with van der Waals surface area (Å²) in [6.07, 6.45) is 0.628. The van der Waals surface area contributed by atoms with Gasteiger partial charge in [0.1, 0.15) is 41.2 Å². The SMILES string of the molecule is COc1ccc(OC2CCCC(NC(=O)c3nccc(OC)c3O)C(=O)OC(C)C2Oc2ccc(OC)cc2)cc1. The fourth-order valence-corrected chi connectivity index (χ4v) is 4.50. The molecule has 11 nitrogen and oxygen atoms in total. The van der Waals surface area contributed by atoms with Crippen LogP contribution in [0.2, 0.25) is 0 Å². The number of nitrogens with one attached hydrogen (secondary N) is 1. The molecule has 1 amide bonds. The summed E-state index contributed by atoms with van der Waals surface area (Å²) in [7, 11) is 4.53. The lowest BCUT2D eigenvalue weighted by Crippen LogP contribution is -2.47. The molecule has 1 aliphatic rings. The van der Waals surface area contributed by atoms with Crippen LogP contribution in [0.3, 0.4) is 0 Å². The topological polar surface area (TPSA) is 135 Å². The third-order valence-corrected chi connectivity index (χ3v) is 6.70. The van der Waals surface area contributed by atoms with Crippen LogP contribution in [0, 0.1) is 0 Å². The Morgan fingerprint density at radius 2 is 1.46 bits per heavy atom. The quantitative estimate of drug-likeness (QED) is 0.367. The summed E-state index contributed by atoms with van der Waals surface area (Å²) in [6.45, 7) is 1.72. The van der Waals surface area contributed by atoms with E-state index in [1.165, 1.54) is 19.4 Å². The van der Waals surface area contributed by atoms with Gasteiger partial charge in [0.2, 0.25) is 0 Å². The Labute approximate surface area is 238 Å². The van der Waals surface area contributed by atoms with Crippen molar-refractivity contribution in [1.82, 2.24) is 10.3 Å². The van der Waals surface area contributed by atoms with Gasteiger partial charge in [0.15, 0.2) is 23.3 Å². The smallest absolute Gasteiger partial charge is 0.329 e. The molecule has 41 heavy (non-hydrogen) atoms. The molecule has 0 spiro atoms. The number of benzene rings is 2. The molecule has 3 aromatic rings. The summed E-state index contributed by atoms with van der Waals surface area (Å²) in [5.74, 6) is 0.815. The Bertz CT molecular complexity index is 1310. The molecule has 2 N–H and O–H groups in total. The standard InChI is InChI=1S/C30H34N2O9/c1-18-28(41-22-14-10-20(37-3)11-15-22)25(40-21-12-8-19(36-2)9-13-21)7-5-6-23(30(35)39-18)32-29(34)26-27(33)24(38-4)16-17-31-26/h8-18,23,25,28,33H,5-7H2,1-4H3,(H,32,34). The van der Waals surface area contributed by atoms with E-state index >= 15 is 0 Å². The molecule has 4 unspecified atom stereocenters. The predicted molar refractivity (Wildman–Crippen MR) is 148 cm³/mol. The van der Waals surface area contributed by atoms with Gasteiger partial charge in [0, 0.05) is 12.3 Å². The van der Waals surface area contributed by atoms with Gasteiger partial charge in [-0.25, -0.2) is 9.78 Å². The summed E-state index contributed by atoms with van der Waals surface area (Å²) in [5, 5.41) is 13.0. The molecule has 1 aromatic heterocycles. The molecule has 1 fully saturated rings. The highest BCUT2D eigenvalue weighted by Crippen LogP contribution is 2.29. The third-order valence-electron chi connectivity index (χ3n) is 6.70. The number of cyclic esters (lactones) is 1. The second kappa shape index (κ2) is 13.6. The zero-order chi connectivity index (χ0) is 29.4. The number of rotatable bonds is 9. The average molecular weight is 567 g/mol. The highest BCUT2D eigenvalue weighted by atomic mass is 16.6. The maximum atomic E-state index is 13.3. The van der Waals surface area contributed by atoms with Crippen LogP contribution < -0.4 is 29.0 Å². The highest BCUT2D eigenvalue weighted by molar-refractivity contribution is 5.97. The Morgan fingerprint density at radius 1 is 0.878 bits per heavy atom. The first-order valence-corrected chi connectivity index (χ1v) is 13.2. The molecule has 2 heterocycles. The average Bonchev–Trinajstić information content (AvgIpc) is 3.03. The molecule has 1 aliphatic heterocycles. The van der Waals surface area contributed by atoms with Crippen molar-refractivity contribution in [3.8, 4) is 34.5 Å². The van der Waals surface area contributed by atoms with Crippen LogP contribution in [0.1, 0.15) is 36.7 Å². The van der Waals surface area contributed by atoms with Crippen molar-refractivity contribution in [1.29, 1.82) is 0 Å². The fraction of sp³-hybridized carbons (Fsp3) is 0.367. The lowest BCUT2D eigenvalue weighted by atomic mass is 10.0. The lowest BCUT2D eigenvalue weighted by molar-refractivity contribution is -0.157. The van der Waals surface area contributed by atoms with Gasteiger partial charge in [-0.1, -0.05) is 0 Å². The van der Waals surface area contributed by atoms with Crippen LogP contribution in [0.5, 0.6) is 34.5 Å². The Balaban J connectivity index is 1.56. The van der Waals surface area contributed by atoms with Crippen LogP contribution in [0.15, 0.2) is 60.8 Å². The molecule has 1 saturated heterocycles. The Kier molecular flexibility index (Phi) is 9.73. The number of aromatic nitrogens is 1. The van der Waals surface area contributed by atoms with Gasteiger partial charge in [0.05, 0.1) is 21.3 Å². The summed E-state index contributed by atoms with van der Waals surface area (Å²) in [5.41, 5.74) is -0.258. The minimum absolute atomic E-state index is 0.0906. The minimum atomic E-state index is -0.987. The maximum Gasteiger partial charge on any atom is 0.329 e. The highest BCUT2D eigenvalue weighted by Gasteiger charge is 2.37. The van der Waals surface area contributed by atoms with Gasteiger partial charge in [-0.15, -0.1) is 0 Å². The molecule has 4 rings (SSSR count). The van der Waals surface area contributed by atoms with E-state index in [1.807, 2.05) is 0 Å². The van der Waals surface area contributed by atoms with Crippen molar-refractivity contribution in [2.45, 2.75) is 50.5 Å². The van der Waals surface area contributed by atoms with Gasteiger partial charge < -0.3 is 38.8 Å². The van der Waals surface area contributed by atoms with E-state index in [1.54, 1.807) is 69.7 Å². The van der Waals surface area contributed by atoms with Crippen molar-refractivity contribution in [2.75, 3.05) is 21.3 Å². The number of methoxy groups -OCH3 is 3. The van der Waals surface area contributed by atoms with Gasteiger partial charge in [0.25, 0.3) is 5.91 Å². The number of hydrogen-bond acceptors (Lipinski definition) is 10. The first kappa shape index (κ1) is 29.3. The monoisotopic (exact) mass is 566 g/mol. The lowest BCUT2D eigenvalue weighted by Gasteiger charge is -2.32. The Hall–Kier alpha value is -4.67. The second-order valence-corrected chi connectivity index (χ2v) is 9.40. The number of carbonyl (C=O) groups excluding carboxylic acids is 2. The maximum absolute atomic E-state index is 13.3. The first-order chi connectivity index (χ1) is 19.8. The van der Waals surface area contributed by atoms with Crippen molar-refractivity contribution in [2.24, 2.45) is 0 Å². The first-order valence-electron chi connectivity index (χ1n) is 13.2.